The number of hydrogen-bond acceptors (Lipinski definition) is 6. The second kappa shape index (κ2) is 9.02. The Labute approximate surface area is 184 Å². The Balaban J connectivity index is 1.53. The average Bonchev–Trinajstić information content (AvgIpc) is 3.21. The molecule has 8 nitrogen and oxygen atoms in total. The van der Waals surface area contributed by atoms with Crippen LogP contribution < -0.4 is 20.7 Å². The van der Waals surface area contributed by atoms with Crippen LogP contribution in [0.3, 0.4) is 0 Å². The van der Waals surface area contributed by atoms with E-state index in [0.717, 1.165) is 25.3 Å². The van der Waals surface area contributed by atoms with Gasteiger partial charge in [-0.2, -0.15) is 0 Å². The van der Waals surface area contributed by atoms with Crippen molar-refractivity contribution in [2.45, 2.75) is 13.3 Å². The smallest absolute Gasteiger partial charge is 0.261 e. The Morgan fingerprint density at radius 1 is 1.26 bits per heavy atom. The van der Waals surface area contributed by atoms with Gasteiger partial charge in [-0.15, -0.1) is 0 Å². The van der Waals surface area contributed by atoms with Crippen LogP contribution in [0.5, 0.6) is 0 Å². The van der Waals surface area contributed by atoms with E-state index >= 15 is 0 Å². The highest BCUT2D eigenvalue weighted by atomic mass is 32.2. The molecular weight excluding hydrogens is 414 g/mol. The molecule has 31 heavy (non-hydrogen) atoms. The first-order valence-electron chi connectivity index (χ1n) is 10.8. The van der Waals surface area contributed by atoms with E-state index in [1.165, 1.54) is 5.57 Å². The summed E-state index contributed by atoms with van der Waals surface area (Å²) in [6.45, 7) is 5.71. The second-order valence-electron chi connectivity index (χ2n) is 8.41. The lowest BCUT2D eigenvalue weighted by atomic mass is 9.82. The van der Waals surface area contributed by atoms with Crippen molar-refractivity contribution in [3.8, 4) is 0 Å². The third-order valence-corrected chi connectivity index (χ3v) is 7.61. The van der Waals surface area contributed by atoms with Crippen LogP contribution in [0.4, 0.5) is 0 Å². The van der Waals surface area contributed by atoms with Gasteiger partial charge in [-0.1, -0.05) is 25.2 Å². The Morgan fingerprint density at radius 3 is 2.77 bits per heavy atom. The number of sulfonamides is 1. The third-order valence-electron chi connectivity index (χ3n) is 6.22. The van der Waals surface area contributed by atoms with Crippen LogP contribution in [0.25, 0.3) is 0 Å². The molecule has 0 radical (unpaired) electrons. The highest BCUT2D eigenvalue weighted by Crippen LogP contribution is 2.37. The summed E-state index contributed by atoms with van der Waals surface area (Å²) in [4.78, 5) is 14.8. The summed E-state index contributed by atoms with van der Waals surface area (Å²) in [5, 5.41) is 9.66. The van der Waals surface area contributed by atoms with Gasteiger partial charge in [0.2, 0.25) is 5.91 Å². The van der Waals surface area contributed by atoms with Crippen LogP contribution in [0, 0.1) is 17.8 Å². The SMILES string of the molecule is CNCC1=CNC2=C(NS(=O)(=O)C3=CC(C(=O)N4CCNCC4)CC=C3)C=CC(C)C12. The fourth-order valence-corrected chi connectivity index (χ4v) is 5.82. The topological polar surface area (TPSA) is 103 Å². The molecule has 0 aromatic rings. The average molecular weight is 446 g/mol. The molecule has 1 amide bonds. The van der Waals surface area contributed by atoms with E-state index < -0.39 is 15.9 Å². The molecule has 0 spiro atoms. The lowest BCUT2D eigenvalue weighted by Gasteiger charge is -2.30. The van der Waals surface area contributed by atoms with E-state index in [-0.39, 0.29) is 22.6 Å². The first kappa shape index (κ1) is 21.9. The van der Waals surface area contributed by atoms with Gasteiger partial charge in [0.15, 0.2) is 0 Å². The third kappa shape index (κ3) is 4.49. The van der Waals surface area contributed by atoms with Crippen LogP contribution in [-0.4, -0.2) is 59.0 Å². The first-order valence-corrected chi connectivity index (χ1v) is 12.3. The largest absolute Gasteiger partial charge is 0.363 e. The van der Waals surface area contributed by atoms with Crippen molar-refractivity contribution in [1.29, 1.82) is 0 Å². The highest BCUT2D eigenvalue weighted by molar-refractivity contribution is 7.93. The van der Waals surface area contributed by atoms with Gasteiger partial charge in [-0.25, -0.2) is 8.42 Å². The zero-order valence-electron chi connectivity index (χ0n) is 18.0. The number of rotatable bonds is 6. The first-order chi connectivity index (χ1) is 14.9. The quantitative estimate of drug-likeness (QED) is 0.476. The lowest BCUT2D eigenvalue weighted by molar-refractivity contribution is -0.134. The number of likely N-dealkylation sites (N-methyl/N-ethyl adjacent to an activating group) is 1. The molecule has 168 valence electrons. The number of piperazine rings is 1. The number of nitrogens with one attached hydrogen (secondary N) is 4. The molecule has 0 saturated carbocycles. The summed E-state index contributed by atoms with van der Waals surface area (Å²) in [6.07, 6.45) is 11.3. The summed E-state index contributed by atoms with van der Waals surface area (Å²) in [5.74, 6) is -0.0679. The summed E-state index contributed by atoms with van der Waals surface area (Å²) in [7, 11) is -1.91. The van der Waals surface area contributed by atoms with Crippen molar-refractivity contribution in [2.24, 2.45) is 17.8 Å². The van der Waals surface area contributed by atoms with Gasteiger partial charge in [0.25, 0.3) is 10.0 Å². The normalized spacial score (nSPS) is 28.1. The fraction of sp³-hybridized carbons (Fsp3) is 0.500. The van der Waals surface area contributed by atoms with Crippen molar-refractivity contribution in [3.05, 3.63) is 58.5 Å². The van der Waals surface area contributed by atoms with Gasteiger partial charge in [-0.05, 0) is 37.1 Å². The molecule has 3 unspecified atom stereocenters. The number of nitrogens with zero attached hydrogens (tertiary/aromatic N) is 1. The Hall–Kier alpha value is -2.36. The Morgan fingerprint density at radius 2 is 2.03 bits per heavy atom. The standard InChI is InChI=1S/C22H31N5O3S/c1-15-6-7-19(21-20(15)17(13-23-2)14-25-21)26-31(29,30)18-5-3-4-16(12-18)22(28)27-10-8-24-9-11-27/h3,5-7,12,14-16,20,23-26H,4,8-11,13H2,1-2H3. The summed E-state index contributed by atoms with van der Waals surface area (Å²) in [6, 6.07) is 0. The number of fused-ring (bicyclic) bond motifs is 1. The molecule has 4 rings (SSSR count). The minimum atomic E-state index is -3.81. The van der Waals surface area contributed by atoms with E-state index in [4.69, 9.17) is 0 Å². The Kier molecular flexibility index (Phi) is 6.36. The van der Waals surface area contributed by atoms with Crippen molar-refractivity contribution >= 4 is 15.9 Å². The van der Waals surface area contributed by atoms with E-state index in [9.17, 15) is 13.2 Å². The maximum absolute atomic E-state index is 13.2. The predicted octanol–water partition coefficient (Wildman–Crippen LogP) is 0.538. The molecule has 2 heterocycles. The molecule has 2 aliphatic carbocycles. The van der Waals surface area contributed by atoms with Crippen LogP contribution in [0.15, 0.2) is 58.5 Å². The van der Waals surface area contributed by atoms with Crippen molar-refractivity contribution in [1.82, 2.24) is 25.6 Å². The summed E-state index contributed by atoms with van der Waals surface area (Å²) >= 11 is 0. The van der Waals surface area contributed by atoms with Crippen molar-refractivity contribution in [2.75, 3.05) is 39.8 Å². The van der Waals surface area contributed by atoms with E-state index in [1.54, 1.807) is 18.2 Å². The number of carbonyl (C=O) groups excluding carboxylic acids is 1. The summed E-state index contributed by atoms with van der Waals surface area (Å²) < 4.78 is 29.1. The number of amides is 1. The zero-order valence-corrected chi connectivity index (χ0v) is 18.8. The number of carbonyl (C=O) groups is 1. The molecule has 0 bridgehead atoms. The minimum absolute atomic E-state index is 0.00889. The molecule has 9 heteroatoms. The predicted molar refractivity (Wildman–Crippen MR) is 121 cm³/mol. The molecule has 2 aliphatic heterocycles. The summed E-state index contributed by atoms with van der Waals surface area (Å²) in [5.41, 5.74) is 2.62. The number of allylic oxidation sites excluding steroid dienone is 5. The van der Waals surface area contributed by atoms with Gasteiger partial charge in [0, 0.05) is 50.5 Å². The van der Waals surface area contributed by atoms with E-state index in [2.05, 4.69) is 27.6 Å². The van der Waals surface area contributed by atoms with Crippen LogP contribution in [-0.2, 0) is 14.8 Å². The second-order valence-corrected chi connectivity index (χ2v) is 10.1. The lowest BCUT2D eigenvalue weighted by Crippen LogP contribution is -2.48. The fourth-order valence-electron chi connectivity index (χ4n) is 4.61. The van der Waals surface area contributed by atoms with Crippen LogP contribution in [0.2, 0.25) is 0 Å². The monoisotopic (exact) mass is 445 g/mol. The molecule has 4 aliphatic rings. The van der Waals surface area contributed by atoms with Crippen LogP contribution >= 0.6 is 0 Å². The van der Waals surface area contributed by atoms with Gasteiger partial charge in [0.05, 0.1) is 16.5 Å². The minimum Gasteiger partial charge on any atom is -0.363 e. The molecule has 0 aromatic carbocycles. The van der Waals surface area contributed by atoms with Gasteiger partial charge >= 0.3 is 0 Å². The number of hydrogen-bond donors (Lipinski definition) is 4. The van der Waals surface area contributed by atoms with Crippen LogP contribution in [0.1, 0.15) is 13.3 Å². The van der Waals surface area contributed by atoms with Gasteiger partial charge < -0.3 is 20.9 Å². The molecular formula is C22H31N5O3S. The molecule has 4 N–H and O–H groups in total. The molecule has 0 aromatic heterocycles. The maximum atomic E-state index is 13.2. The Bertz CT molecular complexity index is 987. The van der Waals surface area contributed by atoms with E-state index in [0.29, 0.717) is 25.2 Å². The zero-order chi connectivity index (χ0) is 22.0. The van der Waals surface area contributed by atoms with Gasteiger partial charge in [-0.3, -0.25) is 9.52 Å². The molecule has 1 saturated heterocycles. The van der Waals surface area contributed by atoms with E-state index in [1.807, 2.05) is 30.3 Å². The maximum Gasteiger partial charge on any atom is 0.261 e. The molecule has 1 fully saturated rings. The molecule has 3 atom stereocenters. The van der Waals surface area contributed by atoms with Crippen molar-refractivity contribution < 1.29 is 13.2 Å². The van der Waals surface area contributed by atoms with Crippen molar-refractivity contribution in [3.63, 3.8) is 0 Å². The van der Waals surface area contributed by atoms with Gasteiger partial charge in [0.1, 0.15) is 0 Å². The highest BCUT2D eigenvalue weighted by Gasteiger charge is 2.34.